The molecule has 0 aliphatic rings. The van der Waals surface area contributed by atoms with Crippen molar-refractivity contribution in [3.8, 4) is 0 Å². The van der Waals surface area contributed by atoms with Crippen LogP contribution in [0.2, 0.25) is 0 Å². The first-order valence-corrected chi connectivity index (χ1v) is 4.55. The first-order chi connectivity index (χ1) is 6.47. The van der Waals surface area contributed by atoms with Gasteiger partial charge in [-0.05, 0) is 15.9 Å². The van der Waals surface area contributed by atoms with E-state index in [1.54, 1.807) is 0 Å². The number of halogens is 4. The summed E-state index contributed by atoms with van der Waals surface area (Å²) in [5, 5.41) is 2.47. The van der Waals surface area contributed by atoms with Crippen LogP contribution in [0.3, 0.4) is 0 Å². The Balaban J connectivity index is 0. The van der Waals surface area contributed by atoms with Gasteiger partial charge in [-0.1, -0.05) is 0 Å². The van der Waals surface area contributed by atoms with Crippen LogP contribution in [0.15, 0.2) is 16.9 Å². The molecule has 0 unspecified atom stereocenters. The second kappa shape index (κ2) is 6.67. The Hall–Kier alpha value is 0.150. The average molecular weight is 294 g/mol. The maximum atomic E-state index is 11.7. The van der Waals surface area contributed by atoms with Crippen LogP contribution < -0.4 is 34.9 Å². The van der Waals surface area contributed by atoms with E-state index in [4.69, 9.17) is 0 Å². The van der Waals surface area contributed by atoms with E-state index in [0.29, 0.717) is 4.47 Å². The molecule has 0 atom stereocenters. The van der Waals surface area contributed by atoms with Gasteiger partial charge in [-0.2, -0.15) is 13.2 Å². The van der Waals surface area contributed by atoms with Crippen molar-refractivity contribution in [3.05, 3.63) is 16.9 Å². The minimum Gasteiger partial charge on any atom is -1.00 e. The van der Waals surface area contributed by atoms with Gasteiger partial charge in [0.2, 0.25) is 5.95 Å². The molecular weight excluding hydrogens is 286 g/mol. The van der Waals surface area contributed by atoms with Gasteiger partial charge in [0.25, 0.3) is 0 Å². The molecule has 0 saturated heterocycles. The minimum absolute atomic E-state index is 0. The first-order valence-electron chi connectivity index (χ1n) is 3.75. The summed E-state index contributed by atoms with van der Waals surface area (Å²) in [5.74, 6) is 0.192. The minimum atomic E-state index is -4.15. The van der Waals surface area contributed by atoms with Gasteiger partial charge >= 0.3 is 35.7 Å². The van der Waals surface area contributed by atoms with Crippen molar-refractivity contribution in [2.24, 2.45) is 0 Å². The Morgan fingerprint density at radius 1 is 1.33 bits per heavy atom. The summed E-state index contributed by atoms with van der Waals surface area (Å²) in [4.78, 5) is 7.52. The van der Waals surface area contributed by atoms with Crippen molar-refractivity contribution in [2.45, 2.75) is 12.6 Å². The fourth-order valence-electron chi connectivity index (χ4n) is 0.720. The molecule has 0 aromatic carbocycles. The van der Waals surface area contributed by atoms with Gasteiger partial charge in [-0.15, -0.1) is 0 Å². The predicted molar refractivity (Wildman–Crippen MR) is 50.0 cm³/mol. The summed E-state index contributed by atoms with van der Waals surface area (Å²) in [7, 11) is 0. The number of nitrogens with one attached hydrogen (secondary N) is 1. The topological polar surface area (TPSA) is 37.8 Å². The number of rotatable bonds is 3. The average Bonchev–Trinajstić information content (AvgIpc) is 2.06. The van der Waals surface area contributed by atoms with Crippen molar-refractivity contribution < 1.29 is 44.2 Å². The van der Waals surface area contributed by atoms with E-state index >= 15 is 0 Å². The number of hydrogen-bond acceptors (Lipinski definition) is 3. The van der Waals surface area contributed by atoms with Crippen LogP contribution in [0, 0.1) is 0 Å². The van der Waals surface area contributed by atoms with Crippen LogP contribution >= 0.6 is 15.9 Å². The number of aromatic nitrogens is 2. The third kappa shape index (κ3) is 7.10. The van der Waals surface area contributed by atoms with Crippen molar-refractivity contribution in [3.63, 3.8) is 0 Å². The smallest absolute Gasteiger partial charge is 1.00 e. The molecule has 80 valence electrons. The van der Waals surface area contributed by atoms with Crippen LogP contribution in [0.25, 0.3) is 0 Å². The second-order valence-corrected chi connectivity index (χ2v) is 3.43. The molecule has 0 saturated carbocycles. The van der Waals surface area contributed by atoms with Gasteiger partial charge in [-0.25, -0.2) is 9.97 Å². The van der Waals surface area contributed by atoms with Gasteiger partial charge < -0.3 is 6.74 Å². The largest absolute Gasteiger partial charge is 1.00 e. The normalized spacial score (nSPS) is 10.7. The second-order valence-electron chi connectivity index (χ2n) is 2.52. The molecule has 8 heteroatoms. The van der Waals surface area contributed by atoms with E-state index < -0.39 is 12.6 Å². The Kier molecular flexibility index (Phi) is 6.74. The van der Waals surface area contributed by atoms with E-state index in [-0.39, 0.29) is 43.5 Å². The van der Waals surface area contributed by atoms with E-state index in [2.05, 4.69) is 31.2 Å². The first kappa shape index (κ1) is 15.2. The number of anilines is 1. The molecule has 0 spiro atoms. The van der Waals surface area contributed by atoms with Crippen molar-refractivity contribution in [1.82, 2.24) is 9.97 Å². The third-order valence-corrected chi connectivity index (χ3v) is 1.72. The molecule has 1 heterocycles. The maximum Gasteiger partial charge on any atom is 1.00 e. The van der Waals surface area contributed by atoms with Gasteiger partial charge in [0.15, 0.2) is 0 Å². The molecule has 1 N–H and O–H groups in total. The summed E-state index contributed by atoms with van der Waals surface area (Å²) in [6.45, 7) is -0.217. The zero-order valence-electron chi connectivity index (χ0n) is 8.98. The summed E-state index contributed by atoms with van der Waals surface area (Å²) >= 11 is 3.11. The molecule has 0 aliphatic carbocycles. The Bertz CT molecular complexity index is 296. The molecule has 0 bridgehead atoms. The van der Waals surface area contributed by atoms with E-state index in [1.165, 1.54) is 12.4 Å². The Morgan fingerprint density at radius 2 is 1.87 bits per heavy atom. The molecule has 0 aliphatic heterocycles. The molecule has 1 aromatic heterocycles. The van der Waals surface area contributed by atoms with Gasteiger partial charge in [0, 0.05) is 18.9 Å². The van der Waals surface area contributed by atoms with Crippen LogP contribution in [0.5, 0.6) is 0 Å². The standard InChI is InChI=1S/C7H7BrF3N3.Na.H/c8-5-3-13-6(14-4-5)12-2-1-7(9,10)11;;/h3-4H,1-2H2,(H,12,13,14);;/q;+1;-1. The molecule has 0 amide bonds. The third-order valence-electron chi connectivity index (χ3n) is 1.31. The fraction of sp³-hybridized carbons (Fsp3) is 0.429. The van der Waals surface area contributed by atoms with E-state index in [0.717, 1.165) is 0 Å². The van der Waals surface area contributed by atoms with Gasteiger partial charge in [0.05, 0.1) is 10.9 Å². The number of nitrogens with zero attached hydrogens (tertiary/aromatic N) is 2. The number of alkyl halides is 3. The fourth-order valence-corrected chi connectivity index (χ4v) is 0.924. The van der Waals surface area contributed by atoms with Crippen molar-refractivity contribution >= 4 is 21.9 Å². The van der Waals surface area contributed by atoms with Crippen molar-refractivity contribution in [2.75, 3.05) is 11.9 Å². The van der Waals surface area contributed by atoms with Crippen LogP contribution in [-0.2, 0) is 0 Å². The Labute approximate surface area is 117 Å². The van der Waals surface area contributed by atoms with E-state index in [1.807, 2.05) is 0 Å². The quantitative estimate of drug-likeness (QED) is 0.779. The monoisotopic (exact) mass is 293 g/mol. The summed E-state index contributed by atoms with van der Waals surface area (Å²) in [5.41, 5.74) is 0. The maximum absolute atomic E-state index is 11.7. The van der Waals surface area contributed by atoms with Gasteiger partial charge in [0.1, 0.15) is 0 Å². The zero-order chi connectivity index (χ0) is 10.6. The molecule has 0 radical (unpaired) electrons. The Morgan fingerprint density at radius 3 is 2.33 bits per heavy atom. The zero-order valence-corrected chi connectivity index (χ0v) is 11.6. The number of hydrogen-bond donors (Lipinski definition) is 1. The van der Waals surface area contributed by atoms with Crippen LogP contribution in [0.1, 0.15) is 7.85 Å². The molecule has 3 nitrogen and oxygen atoms in total. The molecule has 1 aromatic rings. The van der Waals surface area contributed by atoms with E-state index in [9.17, 15) is 13.2 Å². The van der Waals surface area contributed by atoms with Crippen LogP contribution in [0.4, 0.5) is 19.1 Å². The molecular formula is C7H8BrF3N3Na. The molecule has 0 fully saturated rings. The molecule has 15 heavy (non-hydrogen) atoms. The van der Waals surface area contributed by atoms with Crippen molar-refractivity contribution in [1.29, 1.82) is 0 Å². The molecule has 1 rings (SSSR count). The summed E-state index contributed by atoms with van der Waals surface area (Å²) in [6, 6.07) is 0. The SMILES string of the molecule is FC(F)(F)CCNc1ncc(Br)cn1.[H-].[Na+]. The van der Waals surface area contributed by atoms with Gasteiger partial charge in [-0.3, -0.25) is 0 Å². The summed E-state index contributed by atoms with van der Waals surface area (Å²) < 4.78 is 35.9. The van der Waals surface area contributed by atoms with Crippen LogP contribution in [-0.4, -0.2) is 22.7 Å². The predicted octanol–water partition coefficient (Wildman–Crippen LogP) is -0.280. The summed E-state index contributed by atoms with van der Waals surface area (Å²) in [6.07, 6.45) is -2.12.